The number of hydrogen-bond donors (Lipinski definition) is 2. The minimum Gasteiger partial charge on any atom is -0.466 e. The van der Waals surface area contributed by atoms with Crippen LogP contribution in [0.25, 0.3) is 0 Å². The average molecular weight is 420 g/mol. The summed E-state index contributed by atoms with van der Waals surface area (Å²) in [7, 11) is 1.38. The van der Waals surface area contributed by atoms with Crippen molar-refractivity contribution in [3.8, 4) is 0 Å². The monoisotopic (exact) mass is 419 g/mol. The van der Waals surface area contributed by atoms with Crippen LogP contribution in [-0.4, -0.2) is 43.6 Å². The smallest absolute Gasteiger partial charge is 0.338 e. The zero-order valence-corrected chi connectivity index (χ0v) is 17.8. The van der Waals surface area contributed by atoms with E-state index in [-0.39, 0.29) is 6.03 Å². The molecule has 1 atom stereocenters. The number of hydrogen-bond acceptors (Lipinski definition) is 4. The average Bonchev–Trinajstić information content (AvgIpc) is 2.81. The molecular formula is C25H29N3O3. The number of carbonyl (C=O) groups excluding carboxylic acids is 2. The number of rotatable bonds is 6. The number of methoxy groups -OCH3 is 1. The van der Waals surface area contributed by atoms with Crippen LogP contribution in [0.2, 0.25) is 0 Å². The molecule has 0 saturated carbocycles. The van der Waals surface area contributed by atoms with E-state index in [0.717, 1.165) is 37.9 Å². The first-order valence-electron chi connectivity index (χ1n) is 10.8. The maximum atomic E-state index is 12.7. The van der Waals surface area contributed by atoms with Crippen molar-refractivity contribution in [2.24, 2.45) is 5.92 Å². The van der Waals surface area contributed by atoms with E-state index in [1.54, 1.807) is 0 Å². The lowest BCUT2D eigenvalue weighted by Crippen LogP contribution is -2.49. The van der Waals surface area contributed by atoms with Gasteiger partial charge in [-0.25, -0.2) is 9.59 Å². The first-order chi connectivity index (χ1) is 15.1. The summed E-state index contributed by atoms with van der Waals surface area (Å²) in [6.07, 6.45) is 3.30. The van der Waals surface area contributed by atoms with Crippen molar-refractivity contribution in [3.63, 3.8) is 0 Å². The molecule has 6 nitrogen and oxygen atoms in total. The Balaban J connectivity index is 1.48. The number of benzene rings is 2. The maximum Gasteiger partial charge on any atom is 0.338 e. The highest BCUT2D eigenvalue weighted by Crippen LogP contribution is 2.29. The van der Waals surface area contributed by atoms with E-state index in [0.29, 0.717) is 23.7 Å². The number of nitrogens with one attached hydrogen (secondary N) is 2. The fourth-order valence-electron chi connectivity index (χ4n) is 4.51. The predicted octanol–water partition coefficient (Wildman–Crippen LogP) is 3.42. The second-order valence-corrected chi connectivity index (χ2v) is 8.24. The molecule has 2 aromatic rings. The summed E-state index contributed by atoms with van der Waals surface area (Å²) >= 11 is 0. The van der Waals surface area contributed by atoms with E-state index in [1.165, 1.54) is 12.7 Å². The maximum absolute atomic E-state index is 12.7. The number of piperidine rings is 1. The summed E-state index contributed by atoms with van der Waals surface area (Å²) in [4.78, 5) is 27.4. The molecule has 0 unspecified atom stereocenters. The molecule has 2 aliphatic heterocycles. The van der Waals surface area contributed by atoms with Gasteiger partial charge in [0.1, 0.15) is 0 Å². The molecule has 2 aromatic carbocycles. The molecule has 2 heterocycles. The van der Waals surface area contributed by atoms with Crippen LogP contribution in [0.3, 0.4) is 0 Å². The summed E-state index contributed by atoms with van der Waals surface area (Å²) in [5, 5.41) is 5.74. The van der Waals surface area contributed by atoms with Gasteiger partial charge in [-0.2, -0.15) is 0 Å². The minimum atomic E-state index is -0.520. The van der Waals surface area contributed by atoms with Gasteiger partial charge in [-0.15, -0.1) is 0 Å². The van der Waals surface area contributed by atoms with Crippen LogP contribution in [0.15, 0.2) is 71.9 Å². The number of carbonyl (C=O) groups is 2. The normalized spacial score (nSPS) is 20.2. The molecule has 31 heavy (non-hydrogen) atoms. The predicted molar refractivity (Wildman–Crippen MR) is 119 cm³/mol. The van der Waals surface area contributed by atoms with Gasteiger partial charge in [0.05, 0.1) is 18.7 Å². The third-order valence-corrected chi connectivity index (χ3v) is 6.15. The van der Waals surface area contributed by atoms with E-state index >= 15 is 0 Å². The lowest BCUT2D eigenvalue weighted by Gasteiger charge is -2.35. The summed E-state index contributed by atoms with van der Waals surface area (Å²) in [6.45, 7) is 2.41. The van der Waals surface area contributed by atoms with Crippen LogP contribution >= 0.6 is 0 Å². The highest BCUT2D eigenvalue weighted by atomic mass is 16.5. The fraction of sp³-hybridized carbons (Fsp3) is 0.360. The molecule has 0 radical (unpaired) electrons. The second-order valence-electron chi connectivity index (χ2n) is 8.24. The fourth-order valence-corrected chi connectivity index (χ4v) is 4.51. The Morgan fingerprint density at radius 2 is 1.68 bits per heavy atom. The number of nitrogens with zero attached hydrogens (tertiary/aromatic N) is 1. The van der Waals surface area contributed by atoms with Crippen molar-refractivity contribution in [2.45, 2.75) is 25.3 Å². The molecule has 1 saturated heterocycles. The Morgan fingerprint density at radius 1 is 1.03 bits per heavy atom. The molecule has 0 spiro atoms. The first-order valence-corrected chi connectivity index (χ1v) is 10.8. The van der Waals surface area contributed by atoms with Crippen LogP contribution in [-0.2, 0) is 16.0 Å². The second kappa shape index (κ2) is 9.79. The van der Waals surface area contributed by atoms with Gasteiger partial charge >= 0.3 is 12.0 Å². The molecule has 0 bridgehead atoms. The number of likely N-dealkylation sites (tertiary alicyclic amines) is 1. The molecule has 6 heteroatoms. The number of amides is 2. The number of esters is 1. The van der Waals surface area contributed by atoms with Crippen molar-refractivity contribution in [3.05, 3.63) is 83.1 Å². The quantitative estimate of drug-likeness (QED) is 0.704. The Kier molecular flexibility index (Phi) is 6.67. The van der Waals surface area contributed by atoms with Crippen molar-refractivity contribution in [1.29, 1.82) is 0 Å². The van der Waals surface area contributed by atoms with Crippen molar-refractivity contribution in [1.82, 2.24) is 15.5 Å². The lowest BCUT2D eigenvalue weighted by atomic mass is 9.89. The van der Waals surface area contributed by atoms with Crippen LogP contribution < -0.4 is 10.6 Å². The summed E-state index contributed by atoms with van der Waals surface area (Å²) in [5.41, 5.74) is 3.34. The largest absolute Gasteiger partial charge is 0.466 e. The van der Waals surface area contributed by atoms with Gasteiger partial charge < -0.3 is 15.4 Å². The summed E-state index contributed by atoms with van der Waals surface area (Å²) in [5.74, 6) is 0.239. The molecule has 162 valence electrons. The van der Waals surface area contributed by atoms with Crippen LogP contribution in [0.5, 0.6) is 0 Å². The molecule has 0 aliphatic carbocycles. The SMILES string of the molecule is COC(=O)C1=C(CN2CCC(Cc3ccccc3)CC2)NC(=O)N[C@H]1c1ccccc1. The third-order valence-electron chi connectivity index (χ3n) is 6.15. The van der Waals surface area contributed by atoms with Gasteiger partial charge in [0, 0.05) is 12.2 Å². The van der Waals surface area contributed by atoms with Crippen LogP contribution in [0.4, 0.5) is 4.79 Å². The van der Waals surface area contributed by atoms with Crippen molar-refractivity contribution in [2.75, 3.05) is 26.7 Å². The Hall–Kier alpha value is -3.12. The third kappa shape index (κ3) is 5.14. The van der Waals surface area contributed by atoms with E-state index in [4.69, 9.17) is 4.74 Å². The van der Waals surface area contributed by atoms with Crippen molar-refractivity contribution >= 4 is 12.0 Å². The highest BCUT2D eigenvalue weighted by Gasteiger charge is 2.34. The zero-order valence-electron chi connectivity index (χ0n) is 17.8. The van der Waals surface area contributed by atoms with E-state index in [1.807, 2.05) is 30.3 Å². The van der Waals surface area contributed by atoms with E-state index in [2.05, 4.69) is 45.9 Å². The molecule has 2 N–H and O–H groups in total. The van der Waals surface area contributed by atoms with Gasteiger partial charge in [-0.3, -0.25) is 4.90 Å². The number of ether oxygens (including phenoxy) is 1. The molecular weight excluding hydrogens is 390 g/mol. The van der Waals surface area contributed by atoms with Gasteiger partial charge in [0.25, 0.3) is 0 Å². The standard InChI is InChI=1S/C25H29N3O3/c1-31-24(29)22-21(26-25(30)27-23(22)20-10-6-3-7-11-20)17-28-14-12-19(13-15-28)16-18-8-4-2-5-9-18/h2-11,19,23H,12-17H2,1H3,(H2,26,27,30)/t23-/m0/s1. The highest BCUT2D eigenvalue weighted by molar-refractivity contribution is 5.95. The van der Waals surface area contributed by atoms with Gasteiger partial charge in [-0.1, -0.05) is 60.7 Å². The summed E-state index contributed by atoms with van der Waals surface area (Å²) in [6, 6.07) is 19.3. The van der Waals surface area contributed by atoms with Crippen molar-refractivity contribution < 1.29 is 14.3 Å². The van der Waals surface area contributed by atoms with Crippen LogP contribution in [0, 0.1) is 5.92 Å². The summed E-state index contributed by atoms with van der Waals surface area (Å²) < 4.78 is 5.07. The Labute approximate surface area is 183 Å². The van der Waals surface area contributed by atoms with Gasteiger partial charge in [-0.05, 0) is 49.4 Å². The number of urea groups is 1. The van der Waals surface area contributed by atoms with Gasteiger partial charge in [0.2, 0.25) is 0 Å². The molecule has 0 aromatic heterocycles. The molecule has 2 aliphatic rings. The van der Waals surface area contributed by atoms with Crippen LogP contribution in [0.1, 0.15) is 30.0 Å². The van der Waals surface area contributed by atoms with E-state index < -0.39 is 12.0 Å². The zero-order chi connectivity index (χ0) is 21.6. The topological polar surface area (TPSA) is 70.7 Å². The molecule has 1 fully saturated rings. The molecule has 4 rings (SSSR count). The lowest BCUT2D eigenvalue weighted by molar-refractivity contribution is -0.136. The minimum absolute atomic E-state index is 0.296. The van der Waals surface area contributed by atoms with E-state index in [9.17, 15) is 9.59 Å². The Bertz CT molecular complexity index is 935. The molecule has 2 amide bonds. The first kappa shape index (κ1) is 21.1. The van der Waals surface area contributed by atoms with Gasteiger partial charge in [0.15, 0.2) is 0 Å². The Morgan fingerprint density at radius 3 is 2.32 bits per heavy atom.